The molecule has 3 heteroatoms. The summed E-state index contributed by atoms with van der Waals surface area (Å²) in [7, 11) is 1.96. The summed E-state index contributed by atoms with van der Waals surface area (Å²) < 4.78 is 2.03. The van der Waals surface area contributed by atoms with Crippen LogP contribution in [0.2, 0.25) is 0 Å². The van der Waals surface area contributed by atoms with E-state index in [2.05, 4.69) is 0 Å². The molecule has 0 saturated heterocycles. The smallest absolute Gasteiger partial charge is 0.218 e. The van der Waals surface area contributed by atoms with Crippen molar-refractivity contribution in [1.29, 1.82) is 0 Å². The lowest BCUT2D eigenvalue weighted by Gasteiger charge is -2.20. The van der Waals surface area contributed by atoms with Gasteiger partial charge in [-0.25, -0.2) is 4.58 Å². The Kier molecular flexibility index (Phi) is 1.81. The zero-order valence-electron chi connectivity index (χ0n) is 7.88. The minimum absolute atomic E-state index is 0.0231. The van der Waals surface area contributed by atoms with Gasteiger partial charge < -0.3 is 0 Å². The van der Waals surface area contributed by atoms with Crippen molar-refractivity contribution in [2.45, 2.75) is 39.4 Å². The molecule has 1 radical (unpaired) electrons. The molecule has 1 atom stereocenters. The van der Waals surface area contributed by atoms with Crippen molar-refractivity contribution in [2.75, 3.05) is 7.05 Å². The molecule has 63 valence electrons. The molecule has 0 aromatic heterocycles. The van der Waals surface area contributed by atoms with Gasteiger partial charge in [-0.1, -0.05) is 5.06 Å². The van der Waals surface area contributed by atoms with Crippen LogP contribution in [-0.2, 0) is 5.21 Å². The van der Waals surface area contributed by atoms with Crippen LogP contribution in [0.1, 0.15) is 27.7 Å². The minimum Gasteiger partial charge on any atom is -0.218 e. The average Bonchev–Trinajstić information content (AvgIpc) is 2.06. The van der Waals surface area contributed by atoms with Crippen molar-refractivity contribution in [3.05, 3.63) is 0 Å². The summed E-state index contributed by atoms with van der Waals surface area (Å²) >= 11 is 0. The molecule has 0 saturated carbocycles. The molecule has 0 spiro atoms. The van der Waals surface area contributed by atoms with Gasteiger partial charge in [-0.3, -0.25) is 0 Å². The molecule has 0 fully saturated rings. The lowest BCUT2D eigenvalue weighted by atomic mass is 10.2. The number of rotatable bonds is 0. The highest BCUT2D eigenvalue weighted by Crippen LogP contribution is 2.23. The standard InChI is InChI=1S/C8H16N2O/c1-6-7(2)10(11)8(3,4)9(6)5/h7H,1-5H3/q+1. The molecule has 0 bridgehead atoms. The van der Waals surface area contributed by atoms with E-state index in [1.165, 1.54) is 0 Å². The molecule has 1 aliphatic heterocycles. The molecule has 0 N–H and O–H groups in total. The molecule has 1 aliphatic rings. The molecule has 0 aliphatic carbocycles. The Morgan fingerprint density at radius 3 is 2.09 bits per heavy atom. The van der Waals surface area contributed by atoms with Crippen LogP contribution in [0.25, 0.3) is 0 Å². The predicted octanol–water partition coefficient (Wildman–Crippen LogP) is 0.875. The average molecular weight is 156 g/mol. The van der Waals surface area contributed by atoms with E-state index >= 15 is 0 Å². The Bertz CT molecular complexity index is 208. The second-order valence-electron chi connectivity index (χ2n) is 3.70. The predicted molar refractivity (Wildman–Crippen MR) is 42.9 cm³/mol. The molecular weight excluding hydrogens is 140 g/mol. The highest BCUT2D eigenvalue weighted by molar-refractivity contribution is 5.83. The van der Waals surface area contributed by atoms with Gasteiger partial charge in [0.15, 0.2) is 5.71 Å². The van der Waals surface area contributed by atoms with Crippen molar-refractivity contribution in [3.8, 4) is 0 Å². The Morgan fingerprint density at radius 1 is 1.55 bits per heavy atom. The summed E-state index contributed by atoms with van der Waals surface area (Å²) in [5.41, 5.74) is 0.772. The third kappa shape index (κ3) is 0.993. The normalized spacial score (nSPS) is 31.6. The number of hydrogen-bond donors (Lipinski definition) is 0. The van der Waals surface area contributed by atoms with Crippen LogP contribution in [0, 0.1) is 0 Å². The van der Waals surface area contributed by atoms with E-state index in [9.17, 15) is 5.21 Å². The quantitative estimate of drug-likeness (QED) is 0.478. The van der Waals surface area contributed by atoms with Crippen LogP contribution in [0.3, 0.4) is 0 Å². The number of nitrogens with zero attached hydrogens (tertiary/aromatic N) is 2. The van der Waals surface area contributed by atoms with Crippen LogP contribution in [-0.4, -0.2) is 34.1 Å². The topological polar surface area (TPSA) is 26.1 Å². The summed E-state index contributed by atoms with van der Waals surface area (Å²) in [5, 5.41) is 12.6. The van der Waals surface area contributed by atoms with Crippen LogP contribution in [0.5, 0.6) is 0 Å². The van der Waals surface area contributed by atoms with Crippen LogP contribution >= 0.6 is 0 Å². The van der Waals surface area contributed by atoms with Crippen molar-refractivity contribution >= 4 is 5.71 Å². The fourth-order valence-corrected chi connectivity index (χ4v) is 1.50. The first-order valence-electron chi connectivity index (χ1n) is 3.92. The lowest BCUT2D eigenvalue weighted by Crippen LogP contribution is -2.44. The first-order chi connectivity index (χ1) is 4.89. The van der Waals surface area contributed by atoms with E-state index in [0.717, 1.165) is 10.8 Å². The van der Waals surface area contributed by atoms with Crippen molar-refractivity contribution in [3.63, 3.8) is 0 Å². The second-order valence-corrected chi connectivity index (χ2v) is 3.70. The first kappa shape index (κ1) is 8.68. The maximum absolute atomic E-state index is 11.5. The third-order valence-electron chi connectivity index (χ3n) is 2.85. The summed E-state index contributed by atoms with van der Waals surface area (Å²) in [4.78, 5) is 0. The highest BCUT2D eigenvalue weighted by atomic mass is 16.5. The molecular formula is C8H16N2O+. The summed E-state index contributed by atoms with van der Waals surface area (Å²) in [6.45, 7) is 7.82. The number of hydroxylamine groups is 2. The van der Waals surface area contributed by atoms with Gasteiger partial charge >= 0.3 is 0 Å². The Balaban J connectivity index is 3.06. The van der Waals surface area contributed by atoms with E-state index in [-0.39, 0.29) is 11.7 Å². The van der Waals surface area contributed by atoms with Crippen molar-refractivity contribution in [2.24, 2.45) is 0 Å². The van der Waals surface area contributed by atoms with Gasteiger partial charge in [0.2, 0.25) is 5.66 Å². The monoisotopic (exact) mass is 156 g/mol. The Hall–Kier alpha value is -0.410. The van der Waals surface area contributed by atoms with Gasteiger partial charge in [0, 0.05) is 20.8 Å². The molecule has 1 rings (SSSR count). The lowest BCUT2D eigenvalue weighted by molar-refractivity contribution is -0.614. The minimum atomic E-state index is -0.372. The first-order valence-corrected chi connectivity index (χ1v) is 3.92. The third-order valence-corrected chi connectivity index (χ3v) is 2.85. The highest BCUT2D eigenvalue weighted by Gasteiger charge is 2.48. The molecule has 3 nitrogen and oxygen atoms in total. The SMILES string of the molecule is CC1=[N+](C)C(C)(C)N([O])C1C. The van der Waals surface area contributed by atoms with E-state index in [4.69, 9.17) is 0 Å². The van der Waals surface area contributed by atoms with Gasteiger partial charge in [-0.05, 0) is 6.92 Å². The maximum atomic E-state index is 11.5. The van der Waals surface area contributed by atoms with Gasteiger partial charge in [-0.2, -0.15) is 0 Å². The Labute approximate surface area is 67.9 Å². The van der Waals surface area contributed by atoms with Gasteiger partial charge in [-0.15, -0.1) is 5.21 Å². The fourth-order valence-electron chi connectivity index (χ4n) is 1.50. The van der Waals surface area contributed by atoms with E-state index in [1.807, 2.05) is 39.3 Å². The van der Waals surface area contributed by atoms with E-state index in [1.54, 1.807) is 0 Å². The van der Waals surface area contributed by atoms with Gasteiger partial charge in [0.05, 0.1) is 0 Å². The van der Waals surface area contributed by atoms with Gasteiger partial charge in [0.1, 0.15) is 13.1 Å². The molecule has 11 heavy (non-hydrogen) atoms. The van der Waals surface area contributed by atoms with Crippen LogP contribution in [0.4, 0.5) is 0 Å². The van der Waals surface area contributed by atoms with Gasteiger partial charge in [0.25, 0.3) is 0 Å². The van der Waals surface area contributed by atoms with E-state index < -0.39 is 0 Å². The second kappa shape index (κ2) is 2.29. The summed E-state index contributed by atoms with van der Waals surface area (Å²) in [6, 6.07) is 0.0231. The molecule has 1 unspecified atom stereocenters. The van der Waals surface area contributed by atoms with Crippen LogP contribution in [0.15, 0.2) is 0 Å². The molecule has 1 heterocycles. The molecule has 0 aromatic carbocycles. The molecule has 0 amide bonds. The van der Waals surface area contributed by atoms with Crippen LogP contribution < -0.4 is 0 Å². The molecule has 0 aromatic rings. The fraction of sp³-hybridized carbons (Fsp3) is 0.875. The van der Waals surface area contributed by atoms with Crippen molar-refractivity contribution in [1.82, 2.24) is 5.06 Å². The number of hydrogen-bond acceptors (Lipinski definition) is 1. The zero-order valence-corrected chi connectivity index (χ0v) is 7.88. The van der Waals surface area contributed by atoms with Crippen molar-refractivity contribution < 1.29 is 9.78 Å². The Morgan fingerprint density at radius 2 is 2.00 bits per heavy atom. The van der Waals surface area contributed by atoms with E-state index in [0.29, 0.717) is 0 Å². The summed E-state index contributed by atoms with van der Waals surface area (Å²) in [5.74, 6) is 0. The summed E-state index contributed by atoms with van der Waals surface area (Å²) in [6.07, 6.45) is 0. The zero-order chi connectivity index (χ0) is 8.81. The maximum Gasteiger partial charge on any atom is 0.237 e. The largest absolute Gasteiger partial charge is 0.237 e.